The molecule has 2 atom stereocenters. The average molecular weight is 318 g/mol. The molecular formula is C13H16FO6P. The molecule has 0 saturated carbocycles. The van der Waals surface area contributed by atoms with Crippen LogP contribution in [-0.2, 0) is 20.3 Å². The summed E-state index contributed by atoms with van der Waals surface area (Å²) in [5.74, 6) is -4.13. The van der Waals surface area contributed by atoms with Crippen molar-refractivity contribution in [3.63, 3.8) is 0 Å². The Balaban J connectivity index is 2.71. The van der Waals surface area contributed by atoms with E-state index in [-0.39, 0.29) is 19.0 Å². The van der Waals surface area contributed by atoms with Crippen LogP contribution in [0.5, 0.6) is 0 Å². The average Bonchev–Trinajstić information content (AvgIpc) is 2.36. The minimum atomic E-state index is -3.80. The quantitative estimate of drug-likeness (QED) is 0.633. The third-order valence-electron chi connectivity index (χ3n) is 2.90. The predicted octanol–water partition coefficient (Wildman–Crippen LogP) is 2.16. The number of carboxylic acid groups (broad SMARTS) is 2. The van der Waals surface area contributed by atoms with E-state index in [1.807, 2.05) is 0 Å². The monoisotopic (exact) mass is 318 g/mol. The molecule has 1 aromatic carbocycles. The molecule has 0 spiro atoms. The van der Waals surface area contributed by atoms with Gasteiger partial charge in [0.05, 0.1) is 5.92 Å². The molecule has 0 aliphatic heterocycles. The molecule has 21 heavy (non-hydrogen) atoms. The first-order chi connectivity index (χ1) is 9.69. The molecular weight excluding hydrogens is 302 g/mol. The summed E-state index contributed by atoms with van der Waals surface area (Å²) in [4.78, 5) is 31.3. The van der Waals surface area contributed by atoms with Crippen LogP contribution in [0.4, 0.5) is 4.39 Å². The Morgan fingerprint density at radius 1 is 1.19 bits per heavy atom. The third kappa shape index (κ3) is 6.51. The highest BCUT2D eigenvalue weighted by molar-refractivity contribution is 7.57. The smallest absolute Gasteiger partial charge is 0.307 e. The summed E-state index contributed by atoms with van der Waals surface area (Å²) in [5.41, 5.74) is 0.421. The molecule has 0 saturated heterocycles. The Morgan fingerprint density at radius 2 is 1.76 bits per heavy atom. The van der Waals surface area contributed by atoms with Gasteiger partial charge in [-0.05, 0) is 24.1 Å². The lowest BCUT2D eigenvalue weighted by Gasteiger charge is -2.16. The number of hydrogen-bond acceptors (Lipinski definition) is 3. The number of rotatable bonds is 8. The van der Waals surface area contributed by atoms with E-state index >= 15 is 0 Å². The van der Waals surface area contributed by atoms with Crippen molar-refractivity contribution >= 4 is 19.3 Å². The van der Waals surface area contributed by atoms with Gasteiger partial charge in [-0.2, -0.15) is 0 Å². The van der Waals surface area contributed by atoms with Crippen molar-refractivity contribution in [2.24, 2.45) is 5.92 Å². The standard InChI is InChI=1S/C13H16FO6P/c14-11-4-1-9(2-5-11)7-21(19,20)8-10(13(17)18)3-6-12(15)16/h1-2,4-5,10H,3,6-8H2,(H,15,16)(H,17,18)(H,19,20). The highest BCUT2D eigenvalue weighted by Crippen LogP contribution is 2.46. The van der Waals surface area contributed by atoms with E-state index in [0.717, 1.165) is 12.1 Å². The number of carbonyl (C=O) groups is 2. The second kappa shape index (κ2) is 7.33. The van der Waals surface area contributed by atoms with E-state index in [0.29, 0.717) is 5.56 Å². The molecule has 3 N–H and O–H groups in total. The van der Waals surface area contributed by atoms with Crippen molar-refractivity contribution in [2.45, 2.75) is 19.0 Å². The predicted molar refractivity (Wildman–Crippen MR) is 72.8 cm³/mol. The van der Waals surface area contributed by atoms with Crippen molar-refractivity contribution in [2.75, 3.05) is 6.16 Å². The zero-order valence-electron chi connectivity index (χ0n) is 11.1. The van der Waals surface area contributed by atoms with Gasteiger partial charge in [-0.3, -0.25) is 14.2 Å². The molecule has 0 amide bonds. The van der Waals surface area contributed by atoms with Crippen LogP contribution in [0.2, 0.25) is 0 Å². The van der Waals surface area contributed by atoms with Crippen LogP contribution in [0.15, 0.2) is 24.3 Å². The molecule has 0 aliphatic carbocycles. The van der Waals surface area contributed by atoms with Gasteiger partial charge in [0, 0.05) is 18.7 Å². The summed E-state index contributed by atoms with van der Waals surface area (Å²) < 4.78 is 24.8. The third-order valence-corrected chi connectivity index (χ3v) is 4.78. The highest BCUT2D eigenvalue weighted by atomic mass is 31.2. The first kappa shape index (κ1) is 17.3. The van der Waals surface area contributed by atoms with Gasteiger partial charge >= 0.3 is 11.9 Å². The van der Waals surface area contributed by atoms with Gasteiger partial charge in [-0.15, -0.1) is 0 Å². The summed E-state index contributed by atoms with van der Waals surface area (Å²) in [6.45, 7) is 0. The van der Waals surface area contributed by atoms with Crippen LogP contribution in [0, 0.1) is 11.7 Å². The molecule has 0 bridgehead atoms. The maximum atomic E-state index is 12.7. The molecule has 0 heterocycles. The molecule has 2 unspecified atom stereocenters. The van der Waals surface area contributed by atoms with E-state index < -0.39 is 37.2 Å². The number of halogens is 1. The van der Waals surface area contributed by atoms with Gasteiger partial charge in [-0.1, -0.05) is 12.1 Å². The van der Waals surface area contributed by atoms with Crippen LogP contribution in [0.3, 0.4) is 0 Å². The second-order valence-electron chi connectivity index (χ2n) is 4.78. The van der Waals surface area contributed by atoms with E-state index in [1.165, 1.54) is 12.1 Å². The minimum absolute atomic E-state index is 0.210. The molecule has 0 fully saturated rings. The lowest BCUT2D eigenvalue weighted by Crippen LogP contribution is -2.19. The SMILES string of the molecule is O=C(O)CCC(CP(=O)(O)Cc1ccc(F)cc1)C(=O)O. The molecule has 0 radical (unpaired) electrons. The van der Waals surface area contributed by atoms with E-state index in [9.17, 15) is 23.4 Å². The Hall–Kier alpha value is -1.72. The number of aliphatic carboxylic acids is 2. The first-order valence-electron chi connectivity index (χ1n) is 6.19. The maximum Gasteiger partial charge on any atom is 0.307 e. The maximum absolute atomic E-state index is 12.7. The molecule has 1 aromatic rings. The Morgan fingerprint density at radius 3 is 2.24 bits per heavy atom. The lowest BCUT2D eigenvalue weighted by molar-refractivity contribution is -0.142. The summed E-state index contributed by atoms with van der Waals surface area (Å²) in [5, 5.41) is 17.5. The van der Waals surface area contributed by atoms with Gasteiger partial charge in [0.1, 0.15) is 5.82 Å². The van der Waals surface area contributed by atoms with Crippen molar-refractivity contribution in [1.82, 2.24) is 0 Å². The summed E-state index contributed by atoms with van der Waals surface area (Å²) in [6.07, 6.45) is -1.37. The van der Waals surface area contributed by atoms with E-state index in [1.54, 1.807) is 0 Å². The number of benzene rings is 1. The van der Waals surface area contributed by atoms with Gasteiger partial charge in [-0.25, -0.2) is 4.39 Å². The van der Waals surface area contributed by atoms with Crippen molar-refractivity contribution < 1.29 is 33.7 Å². The van der Waals surface area contributed by atoms with Crippen LogP contribution in [-0.4, -0.2) is 33.2 Å². The zero-order valence-corrected chi connectivity index (χ0v) is 12.0. The van der Waals surface area contributed by atoms with Crippen LogP contribution < -0.4 is 0 Å². The van der Waals surface area contributed by atoms with Crippen LogP contribution in [0.25, 0.3) is 0 Å². The summed E-state index contributed by atoms with van der Waals surface area (Å²) >= 11 is 0. The zero-order chi connectivity index (χ0) is 16.0. The minimum Gasteiger partial charge on any atom is -0.481 e. The van der Waals surface area contributed by atoms with Crippen molar-refractivity contribution in [3.8, 4) is 0 Å². The Kier molecular flexibility index (Phi) is 6.05. The van der Waals surface area contributed by atoms with Gasteiger partial charge in [0.15, 0.2) is 0 Å². The molecule has 6 nitrogen and oxygen atoms in total. The Labute approximate surface area is 120 Å². The fraction of sp³-hybridized carbons (Fsp3) is 0.385. The van der Waals surface area contributed by atoms with Crippen LogP contribution in [0.1, 0.15) is 18.4 Å². The number of hydrogen-bond donors (Lipinski definition) is 3. The molecule has 8 heteroatoms. The van der Waals surface area contributed by atoms with Crippen molar-refractivity contribution in [1.29, 1.82) is 0 Å². The normalized spacial score (nSPS) is 15.1. The van der Waals surface area contributed by atoms with E-state index in [2.05, 4.69) is 0 Å². The lowest BCUT2D eigenvalue weighted by atomic mass is 10.1. The number of carboxylic acids is 2. The Bertz CT molecular complexity index is 556. The summed E-state index contributed by atoms with van der Waals surface area (Å²) in [7, 11) is -3.80. The van der Waals surface area contributed by atoms with Gasteiger partial charge < -0.3 is 15.1 Å². The highest BCUT2D eigenvalue weighted by Gasteiger charge is 2.29. The van der Waals surface area contributed by atoms with Gasteiger partial charge in [0.25, 0.3) is 0 Å². The fourth-order valence-corrected chi connectivity index (χ4v) is 3.81. The molecule has 0 aliphatic rings. The van der Waals surface area contributed by atoms with Crippen LogP contribution >= 0.6 is 7.37 Å². The largest absolute Gasteiger partial charge is 0.481 e. The summed E-state index contributed by atoms with van der Waals surface area (Å²) in [6, 6.07) is 5.00. The topological polar surface area (TPSA) is 112 Å². The molecule has 0 aromatic heterocycles. The molecule has 116 valence electrons. The first-order valence-corrected chi connectivity index (χ1v) is 8.22. The second-order valence-corrected chi connectivity index (χ2v) is 7.15. The van der Waals surface area contributed by atoms with E-state index in [4.69, 9.17) is 10.2 Å². The van der Waals surface area contributed by atoms with Gasteiger partial charge in [0.2, 0.25) is 7.37 Å². The molecule has 1 rings (SSSR count). The fourth-order valence-electron chi connectivity index (χ4n) is 1.87. The van der Waals surface area contributed by atoms with Crippen molar-refractivity contribution in [3.05, 3.63) is 35.6 Å².